The quantitative estimate of drug-likeness (QED) is 0.516. The van der Waals surface area contributed by atoms with E-state index in [1.807, 2.05) is 12.1 Å². The van der Waals surface area contributed by atoms with Gasteiger partial charge in [0.2, 0.25) is 0 Å². The fourth-order valence-corrected chi connectivity index (χ4v) is 4.62. The van der Waals surface area contributed by atoms with Crippen molar-refractivity contribution >= 4 is 5.96 Å². The van der Waals surface area contributed by atoms with Crippen molar-refractivity contribution in [3.8, 4) is 5.75 Å². The van der Waals surface area contributed by atoms with E-state index in [1.54, 1.807) is 13.3 Å². The maximum atomic E-state index is 10.4. The van der Waals surface area contributed by atoms with Crippen LogP contribution >= 0.6 is 0 Å². The lowest BCUT2D eigenvalue weighted by Crippen LogP contribution is -2.42. The number of guanidine groups is 1. The second-order valence-electron chi connectivity index (χ2n) is 7.99. The second-order valence-corrected chi connectivity index (χ2v) is 7.99. The third-order valence-corrected chi connectivity index (χ3v) is 6.20. The topological polar surface area (TPSA) is 73.0 Å². The summed E-state index contributed by atoms with van der Waals surface area (Å²) in [6.07, 6.45) is 8.80. The number of rotatable bonds is 6. The Balaban J connectivity index is 1.40. The molecule has 1 unspecified atom stereocenters. The van der Waals surface area contributed by atoms with Gasteiger partial charge in [0.1, 0.15) is 11.5 Å². The molecule has 0 bridgehead atoms. The maximum absolute atomic E-state index is 10.4. The van der Waals surface area contributed by atoms with Crippen molar-refractivity contribution in [2.24, 2.45) is 4.99 Å². The second kappa shape index (κ2) is 9.35. The first-order valence-corrected chi connectivity index (χ1v) is 10.8. The monoisotopic (exact) mass is 396 g/mol. The average Bonchev–Trinajstić information content (AvgIpc) is 3.46. The van der Waals surface area contributed by atoms with E-state index in [0.29, 0.717) is 12.3 Å². The van der Waals surface area contributed by atoms with Crippen molar-refractivity contribution in [2.75, 3.05) is 26.7 Å². The van der Waals surface area contributed by atoms with Crippen LogP contribution in [-0.2, 0) is 19.4 Å². The number of aromatic hydroxyl groups is 1. The van der Waals surface area contributed by atoms with Crippen molar-refractivity contribution in [3.63, 3.8) is 0 Å². The molecule has 1 aliphatic heterocycles. The number of nitrogens with zero attached hydrogens (tertiary/aromatic N) is 2. The van der Waals surface area contributed by atoms with Crippen molar-refractivity contribution < 1.29 is 9.52 Å². The number of nitrogens with one attached hydrogen (secondary N) is 2. The number of likely N-dealkylation sites (tertiary alicyclic amines) is 1. The maximum Gasteiger partial charge on any atom is 0.191 e. The number of hydrogen-bond donors (Lipinski definition) is 3. The van der Waals surface area contributed by atoms with Crippen LogP contribution in [0, 0.1) is 0 Å². The van der Waals surface area contributed by atoms with Gasteiger partial charge in [-0.3, -0.25) is 9.89 Å². The molecule has 2 heterocycles. The summed E-state index contributed by atoms with van der Waals surface area (Å²) in [7, 11) is 1.79. The molecule has 1 aromatic carbocycles. The molecule has 6 nitrogen and oxygen atoms in total. The van der Waals surface area contributed by atoms with Crippen LogP contribution < -0.4 is 10.6 Å². The number of aliphatic imine (C=N–C) groups is 1. The Morgan fingerprint density at radius 3 is 2.72 bits per heavy atom. The van der Waals surface area contributed by atoms with E-state index in [9.17, 15) is 5.11 Å². The molecule has 1 fully saturated rings. The van der Waals surface area contributed by atoms with Gasteiger partial charge in [0.15, 0.2) is 5.96 Å². The Hall–Kier alpha value is -2.47. The standard InChI is InChI=1S/C23H32N4O2/c1-24-23(25-15-19-18-8-3-2-7-17(18)10-11-21(19)28)26-16-20(22-9-6-14-29-22)27-12-4-5-13-27/h6,9-11,14,20,28H,2-5,7-8,12-13,15-16H2,1H3,(H2,24,25,26). The average molecular weight is 397 g/mol. The van der Waals surface area contributed by atoms with Gasteiger partial charge >= 0.3 is 0 Å². The van der Waals surface area contributed by atoms with Crippen LogP contribution in [0.4, 0.5) is 0 Å². The molecule has 2 aliphatic rings. The Bertz CT molecular complexity index is 826. The molecule has 29 heavy (non-hydrogen) atoms. The molecule has 0 saturated carbocycles. The van der Waals surface area contributed by atoms with E-state index >= 15 is 0 Å². The summed E-state index contributed by atoms with van der Waals surface area (Å²) >= 11 is 0. The molecule has 0 amide bonds. The molecule has 4 rings (SSSR count). The molecular weight excluding hydrogens is 364 g/mol. The first-order valence-electron chi connectivity index (χ1n) is 10.8. The molecule has 6 heteroatoms. The van der Waals surface area contributed by atoms with Gasteiger partial charge in [-0.1, -0.05) is 6.07 Å². The number of benzene rings is 1. The summed E-state index contributed by atoms with van der Waals surface area (Å²) in [6.45, 7) is 3.50. The third kappa shape index (κ3) is 4.58. The van der Waals surface area contributed by atoms with Crippen LogP contribution in [0.1, 0.15) is 54.2 Å². The van der Waals surface area contributed by atoms with Gasteiger partial charge in [0.05, 0.1) is 12.3 Å². The summed E-state index contributed by atoms with van der Waals surface area (Å²) in [5, 5.41) is 17.3. The van der Waals surface area contributed by atoms with Crippen LogP contribution in [0.2, 0.25) is 0 Å². The van der Waals surface area contributed by atoms with Gasteiger partial charge in [-0.15, -0.1) is 0 Å². The fourth-order valence-electron chi connectivity index (χ4n) is 4.62. The Morgan fingerprint density at radius 1 is 1.14 bits per heavy atom. The fraction of sp³-hybridized carbons (Fsp3) is 0.522. The Kier molecular flexibility index (Phi) is 6.39. The molecule has 1 aromatic heterocycles. The Morgan fingerprint density at radius 2 is 1.97 bits per heavy atom. The molecule has 1 atom stereocenters. The number of furan rings is 1. The summed E-state index contributed by atoms with van der Waals surface area (Å²) < 4.78 is 5.71. The molecule has 1 aliphatic carbocycles. The highest BCUT2D eigenvalue weighted by atomic mass is 16.3. The zero-order valence-electron chi connectivity index (χ0n) is 17.3. The highest BCUT2D eigenvalue weighted by molar-refractivity contribution is 5.79. The minimum absolute atomic E-state index is 0.198. The predicted octanol–water partition coefficient (Wildman–Crippen LogP) is 3.37. The zero-order chi connectivity index (χ0) is 20.1. The molecular formula is C23H32N4O2. The molecule has 1 saturated heterocycles. The SMILES string of the molecule is CN=C(NCc1c(O)ccc2c1CCCC2)NCC(c1ccco1)N1CCCC1. The first kappa shape index (κ1) is 19.8. The van der Waals surface area contributed by atoms with Crippen molar-refractivity contribution in [3.05, 3.63) is 53.0 Å². The normalized spacial score (nSPS) is 18.4. The van der Waals surface area contributed by atoms with Gasteiger partial charge in [0, 0.05) is 25.7 Å². The zero-order valence-corrected chi connectivity index (χ0v) is 17.3. The van der Waals surface area contributed by atoms with Crippen molar-refractivity contribution in [2.45, 2.75) is 51.1 Å². The van der Waals surface area contributed by atoms with Gasteiger partial charge in [-0.05, 0) is 80.9 Å². The number of hydrogen-bond acceptors (Lipinski definition) is 4. The summed E-state index contributed by atoms with van der Waals surface area (Å²) in [4.78, 5) is 6.86. The van der Waals surface area contributed by atoms with E-state index in [1.165, 1.54) is 36.8 Å². The van der Waals surface area contributed by atoms with E-state index in [4.69, 9.17) is 4.42 Å². The third-order valence-electron chi connectivity index (χ3n) is 6.20. The lowest BCUT2D eigenvalue weighted by Gasteiger charge is -2.27. The Labute approximate surface area is 173 Å². The van der Waals surface area contributed by atoms with Gasteiger partial charge in [-0.25, -0.2) is 0 Å². The van der Waals surface area contributed by atoms with E-state index < -0.39 is 0 Å². The number of phenols is 1. The number of aryl methyl sites for hydroxylation is 1. The highest BCUT2D eigenvalue weighted by Gasteiger charge is 2.25. The summed E-state index contributed by atoms with van der Waals surface area (Å²) in [6, 6.07) is 8.10. The summed E-state index contributed by atoms with van der Waals surface area (Å²) in [5.41, 5.74) is 3.69. The van der Waals surface area contributed by atoms with Crippen LogP contribution in [0.3, 0.4) is 0 Å². The van der Waals surface area contributed by atoms with Gasteiger partial charge in [0.25, 0.3) is 0 Å². The van der Waals surface area contributed by atoms with Crippen LogP contribution in [-0.4, -0.2) is 42.6 Å². The van der Waals surface area contributed by atoms with Crippen LogP contribution in [0.25, 0.3) is 0 Å². The van der Waals surface area contributed by atoms with E-state index in [-0.39, 0.29) is 6.04 Å². The molecule has 156 valence electrons. The van der Waals surface area contributed by atoms with Crippen molar-refractivity contribution in [1.82, 2.24) is 15.5 Å². The van der Waals surface area contributed by atoms with Crippen LogP contribution in [0.15, 0.2) is 39.9 Å². The number of phenolic OH excluding ortho intramolecular Hbond substituents is 1. The van der Waals surface area contributed by atoms with Crippen molar-refractivity contribution in [1.29, 1.82) is 0 Å². The summed E-state index contributed by atoms with van der Waals surface area (Å²) in [5.74, 6) is 2.11. The lowest BCUT2D eigenvalue weighted by molar-refractivity contribution is 0.215. The largest absolute Gasteiger partial charge is 0.508 e. The molecule has 3 N–H and O–H groups in total. The van der Waals surface area contributed by atoms with Gasteiger partial charge < -0.3 is 20.2 Å². The minimum Gasteiger partial charge on any atom is -0.508 e. The first-order chi connectivity index (χ1) is 14.3. The smallest absolute Gasteiger partial charge is 0.191 e. The van der Waals surface area contributed by atoms with E-state index in [0.717, 1.165) is 49.8 Å². The molecule has 2 aromatic rings. The number of fused-ring (bicyclic) bond motifs is 1. The van der Waals surface area contributed by atoms with Crippen LogP contribution in [0.5, 0.6) is 5.75 Å². The minimum atomic E-state index is 0.198. The van der Waals surface area contributed by atoms with E-state index in [2.05, 4.69) is 32.7 Å². The lowest BCUT2D eigenvalue weighted by atomic mass is 9.88. The predicted molar refractivity (Wildman–Crippen MR) is 115 cm³/mol. The highest BCUT2D eigenvalue weighted by Crippen LogP contribution is 2.30. The molecule has 0 spiro atoms. The van der Waals surface area contributed by atoms with Gasteiger partial charge in [-0.2, -0.15) is 0 Å². The molecule has 0 radical (unpaired) electrons.